The maximum atomic E-state index is 5.33. The molecule has 0 radical (unpaired) electrons. The lowest BCUT2D eigenvalue weighted by molar-refractivity contribution is 0.206. The Morgan fingerprint density at radius 1 is 1.41 bits per heavy atom. The summed E-state index contributed by atoms with van der Waals surface area (Å²) < 4.78 is 10.6. The topological polar surface area (TPSA) is 96.9 Å². The van der Waals surface area contributed by atoms with Gasteiger partial charge in [-0.15, -0.1) is 0 Å². The van der Waals surface area contributed by atoms with Crippen molar-refractivity contribution in [2.75, 3.05) is 6.54 Å². The molecule has 8 heteroatoms. The second-order valence-corrected chi connectivity index (χ2v) is 5.40. The molecule has 1 aliphatic rings. The van der Waals surface area contributed by atoms with Gasteiger partial charge in [-0.25, -0.2) is 4.98 Å². The van der Waals surface area contributed by atoms with Crippen LogP contribution in [0.15, 0.2) is 27.3 Å². The Morgan fingerprint density at radius 2 is 2.36 bits per heavy atom. The maximum absolute atomic E-state index is 5.33. The number of likely N-dealkylation sites (tertiary alicyclic amines) is 1. The van der Waals surface area contributed by atoms with Gasteiger partial charge in [-0.1, -0.05) is 5.16 Å². The molecule has 22 heavy (non-hydrogen) atoms. The van der Waals surface area contributed by atoms with Gasteiger partial charge in [0.25, 0.3) is 0 Å². The zero-order valence-corrected chi connectivity index (χ0v) is 12.2. The first-order valence-corrected chi connectivity index (χ1v) is 7.29. The SMILES string of the molecule is Cc1nc([C@@H]2CCCN2Cc2nc(-c3ccco3)no2)n[nH]1. The van der Waals surface area contributed by atoms with Gasteiger partial charge in [0, 0.05) is 0 Å². The number of furan rings is 1. The number of hydrogen-bond acceptors (Lipinski definition) is 7. The van der Waals surface area contributed by atoms with E-state index in [9.17, 15) is 0 Å². The van der Waals surface area contributed by atoms with Crippen LogP contribution >= 0.6 is 0 Å². The van der Waals surface area contributed by atoms with Gasteiger partial charge in [-0.05, 0) is 38.4 Å². The highest BCUT2D eigenvalue weighted by Gasteiger charge is 2.30. The molecular formula is C14H16N6O2. The predicted octanol–water partition coefficient (Wildman–Crippen LogP) is 2.09. The molecule has 3 aromatic rings. The van der Waals surface area contributed by atoms with Crippen molar-refractivity contribution < 1.29 is 8.94 Å². The van der Waals surface area contributed by atoms with Crippen molar-refractivity contribution in [3.63, 3.8) is 0 Å². The normalized spacial score (nSPS) is 19.0. The lowest BCUT2D eigenvalue weighted by atomic mass is 10.2. The molecule has 8 nitrogen and oxygen atoms in total. The van der Waals surface area contributed by atoms with Crippen LogP contribution in [0.2, 0.25) is 0 Å². The quantitative estimate of drug-likeness (QED) is 0.787. The lowest BCUT2D eigenvalue weighted by Crippen LogP contribution is -2.23. The van der Waals surface area contributed by atoms with Gasteiger partial charge >= 0.3 is 0 Å². The molecule has 0 aliphatic carbocycles. The van der Waals surface area contributed by atoms with Crippen LogP contribution in [-0.2, 0) is 6.54 Å². The van der Waals surface area contributed by atoms with Crippen molar-refractivity contribution in [2.45, 2.75) is 32.4 Å². The summed E-state index contributed by atoms with van der Waals surface area (Å²) in [5, 5.41) is 11.1. The molecule has 1 atom stereocenters. The van der Waals surface area contributed by atoms with E-state index < -0.39 is 0 Å². The predicted molar refractivity (Wildman–Crippen MR) is 75.5 cm³/mol. The lowest BCUT2D eigenvalue weighted by Gasteiger charge is -2.19. The summed E-state index contributed by atoms with van der Waals surface area (Å²) in [5.41, 5.74) is 0. The molecule has 1 aliphatic heterocycles. The summed E-state index contributed by atoms with van der Waals surface area (Å²) >= 11 is 0. The Bertz CT molecular complexity index is 747. The van der Waals surface area contributed by atoms with E-state index in [-0.39, 0.29) is 6.04 Å². The summed E-state index contributed by atoms with van der Waals surface area (Å²) in [5.74, 6) is 3.33. The van der Waals surface area contributed by atoms with Crippen LogP contribution in [0.3, 0.4) is 0 Å². The number of H-pyrrole nitrogens is 1. The van der Waals surface area contributed by atoms with Crippen molar-refractivity contribution in [1.29, 1.82) is 0 Å². The van der Waals surface area contributed by atoms with E-state index in [1.165, 1.54) is 0 Å². The van der Waals surface area contributed by atoms with Crippen molar-refractivity contribution in [2.24, 2.45) is 0 Å². The molecule has 3 aromatic heterocycles. The number of nitrogens with one attached hydrogen (secondary N) is 1. The third-order valence-electron chi connectivity index (χ3n) is 3.82. The first-order chi connectivity index (χ1) is 10.8. The zero-order chi connectivity index (χ0) is 14.9. The molecule has 0 amide bonds. The second kappa shape index (κ2) is 5.38. The molecule has 0 spiro atoms. The van der Waals surface area contributed by atoms with Crippen LogP contribution in [0.1, 0.15) is 36.4 Å². The highest BCUT2D eigenvalue weighted by Crippen LogP contribution is 2.31. The number of aromatic nitrogens is 5. The third-order valence-corrected chi connectivity index (χ3v) is 3.82. The van der Waals surface area contributed by atoms with Crippen LogP contribution in [0.4, 0.5) is 0 Å². The Kier molecular flexibility index (Phi) is 3.23. The van der Waals surface area contributed by atoms with Crippen LogP contribution in [-0.4, -0.2) is 36.8 Å². The van der Waals surface area contributed by atoms with Gasteiger partial charge in [0.1, 0.15) is 5.82 Å². The summed E-state index contributed by atoms with van der Waals surface area (Å²) in [7, 11) is 0. The van der Waals surface area contributed by atoms with Gasteiger partial charge in [-0.2, -0.15) is 10.1 Å². The average molecular weight is 300 g/mol. The van der Waals surface area contributed by atoms with Gasteiger partial charge < -0.3 is 8.94 Å². The van der Waals surface area contributed by atoms with E-state index in [1.807, 2.05) is 13.0 Å². The number of nitrogens with zero attached hydrogens (tertiary/aromatic N) is 5. The highest BCUT2D eigenvalue weighted by molar-refractivity contribution is 5.44. The fourth-order valence-corrected chi connectivity index (χ4v) is 2.82. The van der Waals surface area contributed by atoms with E-state index in [4.69, 9.17) is 8.94 Å². The number of aromatic amines is 1. The molecule has 0 aromatic carbocycles. The Morgan fingerprint density at radius 3 is 3.14 bits per heavy atom. The third kappa shape index (κ3) is 2.41. The van der Waals surface area contributed by atoms with Gasteiger partial charge in [0.05, 0.1) is 18.8 Å². The van der Waals surface area contributed by atoms with E-state index in [2.05, 4.69) is 30.2 Å². The average Bonchev–Trinajstić information content (AvgIpc) is 3.26. The van der Waals surface area contributed by atoms with Crippen molar-refractivity contribution in [1.82, 2.24) is 30.2 Å². The Balaban J connectivity index is 1.50. The molecular weight excluding hydrogens is 284 g/mol. The minimum Gasteiger partial charge on any atom is -0.461 e. The first kappa shape index (κ1) is 13.2. The molecule has 4 rings (SSSR count). The fraction of sp³-hybridized carbons (Fsp3) is 0.429. The van der Waals surface area contributed by atoms with Crippen LogP contribution < -0.4 is 0 Å². The fourth-order valence-electron chi connectivity index (χ4n) is 2.82. The van der Waals surface area contributed by atoms with Gasteiger partial charge in [-0.3, -0.25) is 10.00 Å². The maximum Gasteiger partial charge on any atom is 0.241 e. The first-order valence-electron chi connectivity index (χ1n) is 7.29. The highest BCUT2D eigenvalue weighted by atomic mass is 16.5. The van der Waals surface area contributed by atoms with E-state index in [0.717, 1.165) is 31.0 Å². The number of hydrogen-bond donors (Lipinski definition) is 1. The van der Waals surface area contributed by atoms with Gasteiger partial charge in [0.15, 0.2) is 11.6 Å². The minimum atomic E-state index is 0.198. The Labute approximate surface area is 126 Å². The summed E-state index contributed by atoms with van der Waals surface area (Å²) in [6, 6.07) is 3.81. The van der Waals surface area contributed by atoms with Crippen molar-refractivity contribution in [3.05, 3.63) is 35.9 Å². The summed E-state index contributed by atoms with van der Waals surface area (Å²) in [6.45, 7) is 3.46. The van der Waals surface area contributed by atoms with Crippen LogP contribution in [0.25, 0.3) is 11.6 Å². The standard InChI is InChI=1S/C14H16N6O2/c1-9-15-13(18-17-9)10-4-2-6-20(10)8-12-16-14(19-22-12)11-5-3-7-21-11/h3,5,7,10H,2,4,6,8H2,1H3,(H,15,17,18)/t10-/m0/s1. The van der Waals surface area contributed by atoms with Crippen molar-refractivity contribution in [3.8, 4) is 11.6 Å². The molecule has 0 bridgehead atoms. The molecule has 114 valence electrons. The molecule has 4 heterocycles. The minimum absolute atomic E-state index is 0.198. The molecule has 0 saturated carbocycles. The van der Waals surface area contributed by atoms with E-state index >= 15 is 0 Å². The van der Waals surface area contributed by atoms with Crippen LogP contribution in [0, 0.1) is 6.92 Å². The van der Waals surface area contributed by atoms with Gasteiger partial charge in [0.2, 0.25) is 11.7 Å². The second-order valence-electron chi connectivity index (χ2n) is 5.40. The number of rotatable bonds is 4. The monoisotopic (exact) mass is 300 g/mol. The Hall–Kier alpha value is -2.48. The zero-order valence-electron chi connectivity index (χ0n) is 12.2. The summed E-state index contributed by atoms with van der Waals surface area (Å²) in [4.78, 5) is 11.1. The molecule has 0 unspecified atom stereocenters. The number of aryl methyl sites for hydroxylation is 1. The molecule has 1 N–H and O–H groups in total. The molecule has 1 saturated heterocycles. The van der Waals surface area contributed by atoms with E-state index in [0.29, 0.717) is 24.0 Å². The van der Waals surface area contributed by atoms with E-state index in [1.54, 1.807) is 12.3 Å². The summed E-state index contributed by atoms with van der Waals surface area (Å²) in [6.07, 6.45) is 3.74. The van der Waals surface area contributed by atoms with Crippen molar-refractivity contribution >= 4 is 0 Å². The van der Waals surface area contributed by atoms with Crippen LogP contribution in [0.5, 0.6) is 0 Å². The molecule has 1 fully saturated rings. The largest absolute Gasteiger partial charge is 0.461 e. The smallest absolute Gasteiger partial charge is 0.241 e.